The zero-order valence-corrected chi connectivity index (χ0v) is 9.84. The van der Waals surface area contributed by atoms with E-state index in [0.717, 1.165) is 25.9 Å². The Labute approximate surface area is 92.5 Å². The van der Waals surface area contributed by atoms with Crippen molar-refractivity contribution < 1.29 is 9.50 Å². The number of hydrogen-bond acceptors (Lipinski definition) is 2. The van der Waals surface area contributed by atoms with E-state index >= 15 is 0 Å². The Morgan fingerprint density at radius 3 is 2.80 bits per heavy atom. The summed E-state index contributed by atoms with van der Waals surface area (Å²) in [6.45, 7) is 4.29. The van der Waals surface area contributed by atoms with Gasteiger partial charge in [0.25, 0.3) is 0 Å². The van der Waals surface area contributed by atoms with Crippen LogP contribution in [-0.2, 0) is 0 Å². The van der Waals surface area contributed by atoms with Gasteiger partial charge in [0.2, 0.25) is 0 Å². The maximum absolute atomic E-state index is 13.8. The van der Waals surface area contributed by atoms with Crippen LogP contribution < -0.4 is 0 Å². The minimum atomic E-state index is -1.33. The Morgan fingerprint density at radius 2 is 2.13 bits per heavy atom. The van der Waals surface area contributed by atoms with E-state index in [-0.39, 0.29) is 6.61 Å². The summed E-state index contributed by atoms with van der Waals surface area (Å²) in [7, 11) is 0. The van der Waals surface area contributed by atoms with E-state index in [2.05, 4.69) is 11.8 Å². The number of rotatable bonds is 6. The molecule has 0 spiro atoms. The smallest absolute Gasteiger partial charge is 0.146 e. The lowest BCUT2D eigenvalue weighted by Gasteiger charge is -2.36. The number of aliphatic hydroxyl groups excluding tert-OH is 1. The standard InChI is InChI=1S/C12H24FNO/c1-2-3-4-5-8-14-9-6-7-12(13,10-14)11-15/h15H,2-11H2,1H3. The van der Waals surface area contributed by atoms with Crippen molar-refractivity contribution in [1.82, 2.24) is 4.90 Å². The van der Waals surface area contributed by atoms with Gasteiger partial charge in [0.05, 0.1) is 6.61 Å². The number of piperidine rings is 1. The monoisotopic (exact) mass is 217 g/mol. The van der Waals surface area contributed by atoms with Crippen molar-refractivity contribution in [2.24, 2.45) is 0 Å². The van der Waals surface area contributed by atoms with E-state index in [1.54, 1.807) is 0 Å². The lowest BCUT2D eigenvalue weighted by Crippen LogP contribution is -2.47. The van der Waals surface area contributed by atoms with Crippen LogP contribution in [0.5, 0.6) is 0 Å². The molecule has 0 aliphatic carbocycles. The Bertz CT molecular complexity index is 177. The number of aliphatic hydroxyl groups is 1. The molecule has 0 saturated carbocycles. The van der Waals surface area contributed by atoms with Crippen LogP contribution in [-0.4, -0.2) is 41.9 Å². The predicted molar refractivity (Wildman–Crippen MR) is 60.7 cm³/mol. The number of unbranched alkanes of at least 4 members (excludes halogenated alkanes) is 3. The Kier molecular flexibility index (Phi) is 5.54. The molecular formula is C12H24FNO. The van der Waals surface area contributed by atoms with E-state index < -0.39 is 5.67 Å². The molecule has 90 valence electrons. The second-order valence-electron chi connectivity index (χ2n) is 4.75. The fourth-order valence-electron chi connectivity index (χ4n) is 2.26. The molecule has 0 amide bonds. The highest BCUT2D eigenvalue weighted by Crippen LogP contribution is 2.24. The van der Waals surface area contributed by atoms with Crippen LogP contribution >= 0.6 is 0 Å². The summed E-state index contributed by atoms with van der Waals surface area (Å²) in [6, 6.07) is 0. The summed E-state index contributed by atoms with van der Waals surface area (Å²) in [5.74, 6) is 0. The third-order valence-corrected chi connectivity index (χ3v) is 3.22. The van der Waals surface area contributed by atoms with E-state index in [9.17, 15) is 4.39 Å². The Hall–Kier alpha value is -0.150. The van der Waals surface area contributed by atoms with Crippen LogP contribution in [0.3, 0.4) is 0 Å². The van der Waals surface area contributed by atoms with Crippen molar-refractivity contribution in [2.75, 3.05) is 26.2 Å². The van der Waals surface area contributed by atoms with Gasteiger partial charge in [0, 0.05) is 6.54 Å². The SMILES string of the molecule is CCCCCCN1CCCC(F)(CO)C1. The topological polar surface area (TPSA) is 23.5 Å². The molecule has 3 heteroatoms. The lowest BCUT2D eigenvalue weighted by atomic mass is 9.95. The number of halogens is 1. The highest BCUT2D eigenvalue weighted by atomic mass is 19.1. The molecule has 2 nitrogen and oxygen atoms in total. The van der Waals surface area contributed by atoms with Gasteiger partial charge < -0.3 is 10.0 Å². The van der Waals surface area contributed by atoms with E-state index in [1.807, 2.05) is 0 Å². The third-order valence-electron chi connectivity index (χ3n) is 3.22. The fraction of sp³-hybridized carbons (Fsp3) is 1.00. The normalized spacial score (nSPS) is 28.2. The van der Waals surface area contributed by atoms with E-state index in [0.29, 0.717) is 13.0 Å². The molecule has 15 heavy (non-hydrogen) atoms. The molecule has 0 aromatic carbocycles. The molecule has 1 atom stereocenters. The molecule has 1 unspecified atom stereocenters. The van der Waals surface area contributed by atoms with Crippen molar-refractivity contribution in [1.29, 1.82) is 0 Å². The summed E-state index contributed by atoms with van der Waals surface area (Å²) < 4.78 is 13.8. The number of likely N-dealkylation sites (tertiary alicyclic amines) is 1. The average molecular weight is 217 g/mol. The van der Waals surface area contributed by atoms with Gasteiger partial charge >= 0.3 is 0 Å². The number of nitrogens with zero attached hydrogens (tertiary/aromatic N) is 1. The van der Waals surface area contributed by atoms with Gasteiger partial charge in [-0.25, -0.2) is 4.39 Å². The van der Waals surface area contributed by atoms with Crippen LogP contribution in [0, 0.1) is 0 Å². The maximum atomic E-state index is 13.8. The first-order valence-electron chi connectivity index (χ1n) is 6.22. The first kappa shape index (κ1) is 12.9. The van der Waals surface area contributed by atoms with Crippen molar-refractivity contribution in [3.8, 4) is 0 Å². The van der Waals surface area contributed by atoms with Crippen molar-refractivity contribution in [3.05, 3.63) is 0 Å². The molecule has 1 aliphatic heterocycles. The second-order valence-corrected chi connectivity index (χ2v) is 4.75. The molecule has 0 aromatic heterocycles. The summed E-state index contributed by atoms with van der Waals surface area (Å²) in [5.41, 5.74) is -1.33. The van der Waals surface area contributed by atoms with Gasteiger partial charge in [0.1, 0.15) is 5.67 Å². The Morgan fingerprint density at radius 1 is 1.33 bits per heavy atom. The highest BCUT2D eigenvalue weighted by molar-refractivity contribution is 4.86. The largest absolute Gasteiger partial charge is 0.393 e. The van der Waals surface area contributed by atoms with Gasteiger partial charge in [-0.15, -0.1) is 0 Å². The van der Waals surface area contributed by atoms with Crippen molar-refractivity contribution in [3.63, 3.8) is 0 Å². The lowest BCUT2D eigenvalue weighted by molar-refractivity contribution is -0.00152. The summed E-state index contributed by atoms with van der Waals surface area (Å²) >= 11 is 0. The molecule has 1 N–H and O–H groups in total. The zero-order valence-electron chi connectivity index (χ0n) is 9.84. The predicted octanol–water partition coefficient (Wildman–Crippen LogP) is 2.36. The second kappa shape index (κ2) is 6.44. The maximum Gasteiger partial charge on any atom is 0.146 e. The van der Waals surface area contributed by atoms with Crippen LogP contribution in [0.25, 0.3) is 0 Å². The third kappa shape index (κ3) is 4.47. The minimum Gasteiger partial charge on any atom is -0.393 e. The zero-order chi connectivity index (χ0) is 11.1. The molecule has 0 bridgehead atoms. The van der Waals surface area contributed by atoms with E-state index in [1.165, 1.54) is 19.3 Å². The molecule has 0 aromatic rings. The first-order chi connectivity index (χ1) is 7.20. The summed E-state index contributed by atoms with van der Waals surface area (Å²) in [5, 5.41) is 8.98. The van der Waals surface area contributed by atoms with Crippen LogP contribution in [0.15, 0.2) is 0 Å². The van der Waals surface area contributed by atoms with Crippen LogP contribution in [0.4, 0.5) is 4.39 Å². The molecule has 0 radical (unpaired) electrons. The summed E-state index contributed by atoms with van der Waals surface area (Å²) in [4.78, 5) is 2.16. The highest BCUT2D eigenvalue weighted by Gasteiger charge is 2.34. The number of hydrogen-bond donors (Lipinski definition) is 1. The fourth-order valence-corrected chi connectivity index (χ4v) is 2.26. The van der Waals surface area contributed by atoms with Gasteiger partial charge in [0.15, 0.2) is 0 Å². The quantitative estimate of drug-likeness (QED) is 0.690. The Balaban J connectivity index is 2.18. The van der Waals surface area contributed by atoms with Gasteiger partial charge in [-0.1, -0.05) is 26.2 Å². The molecule has 1 saturated heterocycles. The minimum absolute atomic E-state index is 0.321. The van der Waals surface area contributed by atoms with Gasteiger partial charge in [-0.2, -0.15) is 0 Å². The molecule has 1 aliphatic rings. The number of alkyl halides is 1. The molecule has 1 rings (SSSR count). The van der Waals surface area contributed by atoms with Gasteiger partial charge in [-0.05, 0) is 32.4 Å². The van der Waals surface area contributed by atoms with Gasteiger partial charge in [-0.3, -0.25) is 0 Å². The molecule has 1 heterocycles. The molecular weight excluding hydrogens is 193 g/mol. The summed E-state index contributed by atoms with van der Waals surface area (Å²) in [6.07, 6.45) is 6.32. The molecule has 1 fully saturated rings. The average Bonchev–Trinajstić information content (AvgIpc) is 2.25. The van der Waals surface area contributed by atoms with Crippen molar-refractivity contribution >= 4 is 0 Å². The van der Waals surface area contributed by atoms with Crippen molar-refractivity contribution in [2.45, 2.75) is 51.1 Å². The first-order valence-corrected chi connectivity index (χ1v) is 6.22. The van der Waals surface area contributed by atoms with Crippen LogP contribution in [0.2, 0.25) is 0 Å². The van der Waals surface area contributed by atoms with Crippen LogP contribution in [0.1, 0.15) is 45.4 Å². The van der Waals surface area contributed by atoms with E-state index in [4.69, 9.17) is 5.11 Å².